The van der Waals surface area contributed by atoms with Crippen LogP contribution in [0.5, 0.6) is 0 Å². The minimum atomic E-state index is -0.220. The van der Waals surface area contributed by atoms with E-state index in [2.05, 4.69) is 20.9 Å². The Balaban J connectivity index is 1.79. The van der Waals surface area contributed by atoms with Crippen molar-refractivity contribution >= 4 is 22.9 Å². The van der Waals surface area contributed by atoms with E-state index in [0.29, 0.717) is 5.56 Å². The number of carbonyl (C=O) groups excluding carboxylic acids is 1. The van der Waals surface area contributed by atoms with E-state index in [0.717, 1.165) is 16.5 Å². The first-order chi connectivity index (χ1) is 11.5. The normalized spacial score (nSPS) is 10.8. The smallest absolute Gasteiger partial charge is 0.273 e. The lowest BCUT2D eigenvalue weighted by atomic mass is 10.1. The zero-order valence-corrected chi connectivity index (χ0v) is 14.6. The summed E-state index contributed by atoms with van der Waals surface area (Å²) in [5.41, 5.74) is 8.94. The standard InChI is InChI=1S/C17H19N5OS/c1-11(2)15-14(10-22(21-15)17-18-8-9-24-17)16(23)20-19-13-6-4-12(3)5-7-13/h4-11,19H,1-3H3,(H,20,23). The molecule has 1 amide bonds. The molecule has 0 saturated carbocycles. The summed E-state index contributed by atoms with van der Waals surface area (Å²) in [5, 5.41) is 7.13. The predicted octanol–water partition coefficient (Wildman–Crippen LogP) is 3.52. The number of aryl methyl sites for hydroxylation is 1. The first kappa shape index (κ1) is 16.2. The number of thiazole rings is 1. The number of nitrogens with zero attached hydrogens (tertiary/aromatic N) is 3. The van der Waals surface area contributed by atoms with Crippen LogP contribution in [0.4, 0.5) is 5.69 Å². The Hall–Kier alpha value is -2.67. The van der Waals surface area contributed by atoms with E-state index in [-0.39, 0.29) is 11.8 Å². The highest BCUT2D eigenvalue weighted by Crippen LogP contribution is 2.21. The summed E-state index contributed by atoms with van der Waals surface area (Å²) in [6.45, 7) is 6.04. The highest BCUT2D eigenvalue weighted by atomic mass is 32.1. The summed E-state index contributed by atoms with van der Waals surface area (Å²) in [5.74, 6) is -0.0894. The molecule has 3 rings (SSSR count). The Morgan fingerprint density at radius 3 is 2.62 bits per heavy atom. The van der Waals surface area contributed by atoms with Gasteiger partial charge in [0.2, 0.25) is 5.13 Å². The third kappa shape index (κ3) is 3.46. The predicted molar refractivity (Wildman–Crippen MR) is 95.6 cm³/mol. The van der Waals surface area contributed by atoms with Crippen LogP contribution < -0.4 is 10.9 Å². The van der Waals surface area contributed by atoms with Gasteiger partial charge in [-0.1, -0.05) is 31.5 Å². The van der Waals surface area contributed by atoms with Crippen LogP contribution in [0.3, 0.4) is 0 Å². The number of benzene rings is 1. The van der Waals surface area contributed by atoms with E-state index in [1.54, 1.807) is 17.1 Å². The molecule has 2 aromatic heterocycles. The van der Waals surface area contributed by atoms with Crippen LogP contribution in [0.1, 0.15) is 41.4 Å². The van der Waals surface area contributed by atoms with Gasteiger partial charge in [-0.05, 0) is 25.0 Å². The van der Waals surface area contributed by atoms with Crippen LogP contribution in [0, 0.1) is 6.92 Å². The van der Waals surface area contributed by atoms with Crippen molar-refractivity contribution < 1.29 is 4.79 Å². The van der Waals surface area contributed by atoms with Crippen molar-refractivity contribution in [1.82, 2.24) is 20.2 Å². The largest absolute Gasteiger partial charge is 0.298 e. The third-order valence-electron chi connectivity index (χ3n) is 3.52. The number of carbonyl (C=O) groups is 1. The molecule has 6 nitrogen and oxygen atoms in total. The number of hydrogen-bond donors (Lipinski definition) is 2. The van der Waals surface area contributed by atoms with Gasteiger partial charge in [-0.2, -0.15) is 5.10 Å². The molecular formula is C17H19N5OS. The van der Waals surface area contributed by atoms with Crippen molar-refractivity contribution in [3.05, 3.63) is 58.9 Å². The Kier molecular flexibility index (Phi) is 4.61. The van der Waals surface area contributed by atoms with Gasteiger partial charge >= 0.3 is 0 Å². The number of anilines is 1. The lowest BCUT2D eigenvalue weighted by molar-refractivity contribution is 0.0961. The van der Waals surface area contributed by atoms with E-state index < -0.39 is 0 Å². The van der Waals surface area contributed by atoms with Crippen molar-refractivity contribution in [2.75, 3.05) is 5.43 Å². The molecule has 1 aromatic carbocycles. The van der Waals surface area contributed by atoms with Crippen LogP contribution >= 0.6 is 11.3 Å². The van der Waals surface area contributed by atoms with E-state index in [4.69, 9.17) is 0 Å². The summed E-state index contributed by atoms with van der Waals surface area (Å²) in [4.78, 5) is 16.8. The maximum atomic E-state index is 12.5. The van der Waals surface area contributed by atoms with Gasteiger partial charge in [0.15, 0.2) is 0 Å². The highest BCUT2D eigenvalue weighted by molar-refractivity contribution is 7.12. The Morgan fingerprint density at radius 1 is 1.25 bits per heavy atom. The van der Waals surface area contributed by atoms with Crippen LogP contribution in [0.25, 0.3) is 5.13 Å². The van der Waals surface area contributed by atoms with Gasteiger partial charge in [-0.25, -0.2) is 9.67 Å². The molecule has 124 valence electrons. The molecule has 2 N–H and O–H groups in total. The van der Waals surface area contributed by atoms with E-state index >= 15 is 0 Å². The number of rotatable bonds is 5. The maximum Gasteiger partial charge on any atom is 0.273 e. The fourth-order valence-electron chi connectivity index (χ4n) is 2.25. The zero-order chi connectivity index (χ0) is 17.1. The Morgan fingerprint density at radius 2 is 2.00 bits per heavy atom. The molecular weight excluding hydrogens is 322 g/mol. The molecule has 0 radical (unpaired) electrons. The monoisotopic (exact) mass is 341 g/mol. The third-order valence-corrected chi connectivity index (χ3v) is 4.28. The van der Waals surface area contributed by atoms with Gasteiger partial charge in [0, 0.05) is 17.8 Å². The molecule has 0 spiro atoms. The molecule has 0 fully saturated rings. The van der Waals surface area contributed by atoms with Gasteiger partial charge < -0.3 is 0 Å². The average molecular weight is 341 g/mol. The van der Waals surface area contributed by atoms with Crippen LogP contribution in [-0.2, 0) is 0 Å². The van der Waals surface area contributed by atoms with Crippen molar-refractivity contribution in [2.24, 2.45) is 0 Å². The number of nitrogens with one attached hydrogen (secondary N) is 2. The minimum Gasteiger partial charge on any atom is -0.298 e. The van der Waals surface area contributed by atoms with Crippen molar-refractivity contribution in [3.8, 4) is 5.13 Å². The molecule has 0 unspecified atom stereocenters. The summed E-state index contributed by atoms with van der Waals surface area (Å²) in [6.07, 6.45) is 3.44. The molecule has 0 aliphatic carbocycles. The van der Waals surface area contributed by atoms with Crippen LogP contribution in [0.15, 0.2) is 42.0 Å². The summed E-state index contributed by atoms with van der Waals surface area (Å²) in [6, 6.07) is 7.79. The number of amides is 1. The van der Waals surface area contributed by atoms with Crippen molar-refractivity contribution in [1.29, 1.82) is 0 Å². The summed E-state index contributed by atoms with van der Waals surface area (Å²) >= 11 is 1.48. The minimum absolute atomic E-state index is 0.131. The van der Waals surface area contributed by atoms with Crippen molar-refractivity contribution in [3.63, 3.8) is 0 Å². The molecule has 0 aliphatic rings. The van der Waals surface area contributed by atoms with Crippen LogP contribution in [-0.4, -0.2) is 20.7 Å². The molecule has 0 aliphatic heterocycles. The van der Waals surface area contributed by atoms with E-state index in [1.807, 2.05) is 50.4 Å². The fraction of sp³-hybridized carbons (Fsp3) is 0.235. The SMILES string of the molecule is Cc1ccc(NNC(=O)c2cn(-c3nccs3)nc2C(C)C)cc1. The molecule has 7 heteroatoms. The van der Waals surface area contributed by atoms with Gasteiger partial charge in [0.25, 0.3) is 5.91 Å². The Labute approximate surface area is 144 Å². The second kappa shape index (κ2) is 6.84. The molecule has 3 aromatic rings. The lowest BCUT2D eigenvalue weighted by Crippen LogP contribution is -2.29. The highest BCUT2D eigenvalue weighted by Gasteiger charge is 2.20. The van der Waals surface area contributed by atoms with Gasteiger partial charge in [-0.15, -0.1) is 11.3 Å². The summed E-state index contributed by atoms with van der Waals surface area (Å²) < 4.78 is 1.65. The first-order valence-electron chi connectivity index (χ1n) is 7.67. The fourth-order valence-corrected chi connectivity index (χ4v) is 2.82. The van der Waals surface area contributed by atoms with Gasteiger partial charge in [0.05, 0.1) is 16.9 Å². The second-order valence-corrected chi connectivity index (χ2v) is 6.66. The summed E-state index contributed by atoms with van der Waals surface area (Å²) in [7, 11) is 0. The molecule has 0 atom stereocenters. The van der Waals surface area contributed by atoms with Gasteiger partial charge in [-0.3, -0.25) is 15.6 Å². The van der Waals surface area contributed by atoms with E-state index in [9.17, 15) is 4.79 Å². The van der Waals surface area contributed by atoms with Crippen LogP contribution in [0.2, 0.25) is 0 Å². The molecule has 24 heavy (non-hydrogen) atoms. The first-order valence-corrected chi connectivity index (χ1v) is 8.55. The lowest BCUT2D eigenvalue weighted by Gasteiger charge is -2.09. The second-order valence-electron chi connectivity index (χ2n) is 5.79. The maximum absolute atomic E-state index is 12.5. The number of hydrazine groups is 1. The number of aromatic nitrogens is 3. The van der Waals surface area contributed by atoms with Gasteiger partial charge in [0.1, 0.15) is 0 Å². The molecule has 0 saturated heterocycles. The zero-order valence-electron chi connectivity index (χ0n) is 13.8. The van der Waals surface area contributed by atoms with Crippen molar-refractivity contribution in [2.45, 2.75) is 26.7 Å². The Bertz CT molecular complexity index is 821. The number of hydrogen-bond acceptors (Lipinski definition) is 5. The molecule has 0 bridgehead atoms. The van der Waals surface area contributed by atoms with E-state index in [1.165, 1.54) is 16.9 Å². The average Bonchev–Trinajstić information content (AvgIpc) is 3.23. The molecule has 2 heterocycles. The quantitative estimate of drug-likeness (QED) is 0.697. The topological polar surface area (TPSA) is 71.8 Å².